The van der Waals surface area contributed by atoms with Gasteiger partial charge in [-0.15, -0.1) is 0 Å². The summed E-state index contributed by atoms with van der Waals surface area (Å²) in [6.07, 6.45) is 74.2. The number of hydrogen-bond donors (Lipinski definition) is 6. The van der Waals surface area contributed by atoms with Crippen molar-refractivity contribution < 1.29 is 39.8 Å². The van der Waals surface area contributed by atoms with Gasteiger partial charge in [-0.25, -0.2) is 0 Å². The third-order valence-corrected chi connectivity index (χ3v) is 15.5. The summed E-state index contributed by atoms with van der Waals surface area (Å²) in [5, 5.41) is 54.7. The molecule has 0 aromatic heterocycles. The Morgan fingerprint density at radius 3 is 1.18 bits per heavy atom. The molecule has 1 rings (SSSR count). The number of aliphatic hydroxyl groups excluding tert-OH is 5. The Morgan fingerprint density at radius 1 is 0.449 bits per heavy atom. The molecule has 0 aromatic carbocycles. The lowest BCUT2D eigenvalue weighted by Gasteiger charge is -2.40. The summed E-state index contributed by atoms with van der Waals surface area (Å²) in [5.74, 6) is -0.173. The lowest BCUT2D eigenvalue weighted by atomic mass is 9.99. The predicted molar refractivity (Wildman–Crippen MR) is 332 cm³/mol. The van der Waals surface area contributed by atoms with E-state index in [0.717, 1.165) is 70.6 Å². The quantitative estimate of drug-likeness (QED) is 0.0261. The van der Waals surface area contributed by atoms with Crippen LogP contribution < -0.4 is 5.32 Å². The lowest BCUT2D eigenvalue weighted by molar-refractivity contribution is -0.302. The minimum Gasteiger partial charge on any atom is -0.394 e. The summed E-state index contributed by atoms with van der Waals surface area (Å²) in [4.78, 5) is 13.1. The Kier molecular flexibility index (Phi) is 54.6. The van der Waals surface area contributed by atoms with Crippen LogP contribution in [0.15, 0.2) is 72.9 Å². The van der Waals surface area contributed by atoms with Gasteiger partial charge in [-0.3, -0.25) is 4.79 Å². The highest BCUT2D eigenvalue weighted by Gasteiger charge is 2.44. The van der Waals surface area contributed by atoms with Crippen molar-refractivity contribution >= 4 is 5.91 Å². The molecule has 1 aliphatic rings. The van der Waals surface area contributed by atoms with Crippen LogP contribution in [0.25, 0.3) is 0 Å². The van der Waals surface area contributed by atoms with Gasteiger partial charge in [-0.1, -0.05) is 305 Å². The first-order valence-corrected chi connectivity index (χ1v) is 33.2. The summed E-state index contributed by atoms with van der Waals surface area (Å²) in [6.45, 7) is 3.70. The molecule has 9 nitrogen and oxygen atoms in total. The summed E-state index contributed by atoms with van der Waals surface area (Å²) >= 11 is 0. The number of carbonyl (C=O) groups excluding carboxylic acids is 1. The van der Waals surface area contributed by atoms with Crippen molar-refractivity contribution in [3.8, 4) is 0 Å². The van der Waals surface area contributed by atoms with E-state index in [0.29, 0.717) is 6.42 Å². The minimum absolute atomic E-state index is 0.173. The molecule has 78 heavy (non-hydrogen) atoms. The van der Waals surface area contributed by atoms with Gasteiger partial charge >= 0.3 is 0 Å². The standard InChI is InChI=1S/C69H125NO8/c1-3-5-7-9-11-13-15-17-19-21-23-25-26-27-28-29-30-31-32-33-34-35-36-37-38-39-41-43-45-47-49-51-53-55-57-59-65(73)70-62(61-77-69-68(76)67(75)66(74)64(60-71)78-69)63(72)58-56-54-52-50-48-46-44-42-40-24-22-20-18-16-14-12-10-8-6-4-2/h5,7,11,13,17,19,23,25,27-28,56,58,62-64,66-69,71-72,74-76H,3-4,6,8-10,12,14-16,18,20-22,24,26,29-55,57,59-61H2,1-2H3,(H,70,73)/b7-5-,13-11-,19-17-,25-23-,28-27-,58-56+. The second-order valence-electron chi connectivity index (χ2n) is 22.9. The zero-order chi connectivity index (χ0) is 56.5. The highest BCUT2D eigenvalue weighted by atomic mass is 16.7. The first kappa shape index (κ1) is 73.6. The summed E-state index contributed by atoms with van der Waals surface area (Å²) < 4.78 is 11.3. The van der Waals surface area contributed by atoms with Crippen LogP contribution in [0.4, 0.5) is 0 Å². The molecule has 1 heterocycles. The Bertz CT molecular complexity index is 1460. The fourth-order valence-corrected chi connectivity index (χ4v) is 10.4. The van der Waals surface area contributed by atoms with Gasteiger partial charge < -0.3 is 40.3 Å². The number of allylic oxidation sites excluding steroid dienone is 11. The number of nitrogens with one attached hydrogen (secondary N) is 1. The van der Waals surface area contributed by atoms with Crippen LogP contribution in [0, 0.1) is 0 Å². The summed E-state index contributed by atoms with van der Waals surface area (Å²) in [7, 11) is 0. The van der Waals surface area contributed by atoms with Crippen molar-refractivity contribution in [1.82, 2.24) is 5.32 Å². The maximum absolute atomic E-state index is 13.1. The van der Waals surface area contributed by atoms with Gasteiger partial charge in [0.1, 0.15) is 24.4 Å². The molecule has 1 fully saturated rings. The van der Waals surface area contributed by atoms with E-state index in [4.69, 9.17) is 9.47 Å². The monoisotopic (exact) mass is 1100 g/mol. The lowest BCUT2D eigenvalue weighted by Crippen LogP contribution is -2.60. The molecule has 0 aromatic rings. The van der Waals surface area contributed by atoms with Gasteiger partial charge in [0.15, 0.2) is 6.29 Å². The average Bonchev–Trinajstić information content (AvgIpc) is 3.45. The number of amides is 1. The average molecular weight is 1100 g/mol. The molecule has 6 N–H and O–H groups in total. The Morgan fingerprint density at radius 2 is 0.795 bits per heavy atom. The Balaban J connectivity index is 2.12. The van der Waals surface area contributed by atoms with Crippen LogP contribution in [0.5, 0.6) is 0 Å². The molecule has 0 aliphatic carbocycles. The maximum Gasteiger partial charge on any atom is 0.220 e. The second kappa shape index (κ2) is 57.8. The molecular formula is C69H125NO8. The Labute approximate surface area is 480 Å². The minimum atomic E-state index is -1.57. The molecule has 7 atom stereocenters. The molecule has 9 heteroatoms. The number of carbonyl (C=O) groups is 1. The van der Waals surface area contributed by atoms with Crippen LogP contribution in [0.2, 0.25) is 0 Å². The van der Waals surface area contributed by atoms with E-state index >= 15 is 0 Å². The van der Waals surface area contributed by atoms with E-state index in [9.17, 15) is 30.3 Å². The van der Waals surface area contributed by atoms with Crippen LogP contribution in [0.1, 0.15) is 303 Å². The zero-order valence-electron chi connectivity index (χ0n) is 50.7. The van der Waals surface area contributed by atoms with Crippen molar-refractivity contribution in [1.29, 1.82) is 0 Å². The molecule has 454 valence electrons. The van der Waals surface area contributed by atoms with Gasteiger partial charge in [0.25, 0.3) is 0 Å². The number of hydrogen-bond acceptors (Lipinski definition) is 8. The topological polar surface area (TPSA) is 149 Å². The molecule has 0 saturated carbocycles. The van der Waals surface area contributed by atoms with Crippen LogP contribution in [0.3, 0.4) is 0 Å². The molecule has 0 bridgehead atoms. The van der Waals surface area contributed by atoms with E-state index < -0.39 is 49.5 Å². The SMILES string of the molecule is CC/C=C\C/C=C\C/C=C\C/C=C\C/C=C\CCCCCCCCCCCCCCCCCCCCCC(=O)NC(COC1OC(CO)C(O)C(O)C1O)C(O)/C=C/CCCCCCCCCCCCCCCCCCCC. The first-order chi connectivity index (χ1) is 38.3. The van der Waals surface area contributed by atoms with Crippen LogP contribution in [-0.4, -0.2) is 87.5 Å². The van der Waals surface area contributed by atoms with E-state index in [1.165, 1.54) is 212 Å². The molecule has 1 amide bonds. The van der Waals surface area contributed by atoms with Crippen molar-refractivity contribution in [2.75, 3.05) is 13.2 Å². The molecular weight excluding hydrogens is 971 g/mol. The smallest absolute Gasteiger partial charge is 0.220 e. The zero-order valence-corrected chi connectivity index (χ0v) is 50.7. The molecule has 7 unspecified atom stereocenters. The summed E-state index contributed by atoms with van der Waals surface area (Å²) in [5.41, 5.74) is 0. The largest absolute Gasteiger partial charge is 0.394 e. The highest BCUT2D eigenvalue weighted by molar-refractivity contribution is 5.76. The van der Waals surface area contributed by atoms with E-state index in [1.54, 1.807) is 6.08 Å². The predicted octanol–water partition coefficient (Wildman–Crippen LogP) is 17.6. The van der Waals surface area contributed by atoms with E-state index in [1.807, 2.05) is 6.08 Å². The van der Waals surface area contributed by atoms with Crippen molar-refractivity contribution in [3.05, 3.63) is 72.9 Å². The number of unbranched alkanes of at least 4 members (excludes halogenated alkanes) is 37. The molecule has 0 spiro atoms. The normalized spacial score (nSPS) is 19.1. The number of rotatable bonds is 57. The number of ether oxygens (including phenoxy) is 2. The van der Waals surface area contributed by atoms with Crippen molar-refractivity contribution in [2.45, 2.75) is 346 Å². The molecule has 1 saturated heterocycles. The Hall–Kier alpha value is -2.37. The van der Waals surface area contributed by atoms with Gasteiger partial charge in [-0.05, 0) is 64.2 Å². The fourth-order valence-electron chi connectivity index (χ4n) is 10.4. The molecule has 1 aliphatic heterocycles. The summed E-state index contributed by atoms with van der Waals surface area (Å²) in [6, 6.07) is -0.807. The van der Waals surface area contributed by atoms with Crippen molar-refractivity contribution in [3.63, 3.8) is 0 Å². The fraction of sp³-hybridized carbons (Fsp3) is 0.812. The van der Waals surface area contributed by atoms with Gasteiger partial charge in [0.2, 0.25) is 5.91 Å². The third-order valence-electron chi connectivity index (χ3n) is 15.5. The van der Waals surface area contributed by atoms with E-state index in [2.05, 4.69) is 79.9 Å². The highest BCUT2D eigenvalue weighted by Crippen LogP contribution is 2.23. The number of aliphatic hydroxyl groups is 5. The molecule has 0 radical (unpaired) electrons. The van der Waals surface area contributed by atoms with Gasteiger partial charge in [0, 0.05) is 6.42 Å². The van der Waals surface area contributed by atoms with Crippen molar-refractivity contribution in [2.24, 2.45) is 0 Å². The van der Waals surface area contributed by atoms with Crippen LogP contribution in [-0.2, 0) is 14.3 Å². The van der Waals surface area contributed by atoms with Gasteiger partial charge in [0.05, 0.1) is 25.4 Å². The third kappa shape index (κ3) is 46.3. The maximum atomic E-state index is 13.1. The van der Waals surface area contributed by atoms with Crippen LogP contribution >= 0.6 is 0 Å². The van der Waals surface area contributed by atoms with Gasteiger partial charge in [-0.2, -0.15) is 0 Å². The first-order valence-electron chi connectivity index (χ1n) is 33.2. The van der Waals surface area contributed by atoms with E-state index in [-0.39, 0.29) is 12.5 Å². The second-order valence-corrected chi connectivity index (χ2v) is 22.9.